The Morgan fingerprint density at radius 3 is 2.10 bits per heavy atom. The van der Waals surface area contributed by atoms with Gasteiger partial charge in [-0.15, -0.1) is 0 Å². The molecule has 224 valence electrons. The zero-order valence-corrected chi connectivity index (χ0v) is 25.1. The normalized spacial score (nSPS) is 13.0. The molecule has 1 aromatic rings. The monoisotopic (exact) mass is 550 g/mol. The van der Waals surface area contributed by atoms with Crippen molar-refractivity contribution in [1.82, 2.24) is 10.6 Å². The van der Waals surface area contributed by atoms with Gasteiger partial charge >= 0.3 is 0 Å². The van der Waals surface area contributed by atoms with Crippen molar-refractivity contribution >= 4 is 11.6 Å². The van der Waals surface area contributed by atoms with Crippen LogP contribution in [0.1, 0.15) is 72.3 Å². The summed E-state index contributed by atoms with van der Waals surface area (Å²) in [6, 6.07) is 8.53. The maximum absolute atomic E-state index is 12.3. The van der Waals surface area contributed by atoms with E-state index < -0.39 is 0 Å². The second-order valence-electron chi connectivity index (χ2n) is 10.5. The lowest BCUT2D eigenvalue weighted by atomic mass is 9.98. The number of rotatable bonds is 26. The Hall–Kier alpha value is -1.84. The third kappa shape index (κ3) is 19.8. The number of hydrogen-bond acceptors (Lipinski definition) is 8. The van der Waals surface area contributed by atoms with Crippen molar-refractivity contribution in [1.29, 1.82) is 0 Å². The Kier molecular flexibility index (Phi) is 20.7. The van der Waals surface area contributed by atoms with Crippen molar-refractivity contribution in [3.05, 3.63) is 29.8 Å². The largest absolute Gasteiger partial charge is 0.492 e. The van der Waals surface area contributed by atoms with Crippen LogP contribution < -0.4 is 15.4 Å². The van der Waals surface area contributed by atoms with Crippen LogP contribution in [0.4, 0.5) is 0 Å². The van der Waals surface area contributed by atoms with E-state index >= 15 is 0 Å². The summed E-state index contributed by atoms with van der Waals surface area (Å²) in [5.41, 5.74) is 1.01. The minimum Gasteiger partial charge on any atom is -0.492 e. The van der Waals surface area contributed by atoms with Gasteiger partial charge in [0, 0.05) is 44.0 Å². The van der Waals surface area contributed by atoms with Crippen molar-refractivity contribution in [3.8, 4) is 5.75 Å². The van der Waals surface area contributed by atoms with E-state index in [1.165, 1.54) is 0 Å². The summed E-state index contributed by atoms with van der Waals surface area (Å²) in [5, 5.41) is 6.84. The van der Waals surface area contributed by atoms with Crippen molar-refractivity contribution in [3.63, 3.8) is 0 Å². The van der Waals surface area contributed by atoms with E-state index in [2.05, 4.69) is 31.4 Å². The molecule has 1 aromatic carbocycles. The predicted molar refractivity (Wildman–Crippen MR) is 157 cm³/mol. The summed E-state index contributed by atoms with van der Waals surface area (Å²) in [7, 11) is 0. The SMILES string of the molecule is CCC(=O)Cc1ccc(OCCNC(C)CCC(C)C(=O)COCCOCCOCCCCNC(C)C)cc1. The average Bonchev–Trinajstić information content (AvgIpc) is 2.92. The van der Waals surface area contributed by atoms with E-state index in [0.29, 0.717) is 58.0 Å². The maximum Gasteiger partial charge on any atom is 0.161 e. The fourth-order valence-electron chi connectivity index (χ4n) is 3.77. The van der Waals surface area contributed by atoms with Gasteiger partial charge in [0.15, 0.2) is 5.78 Å². The fourth-order valence-corrected chi connectivity index (χ4v) is 3.77. The summed E-state index contributed by atoms with van der Waals surface area (Å²) in [5.74, 6) is 1.14. The molecule has 0 aliphatic carbocycles. The van der Waals surface area contributed by atoms with E-state index in [0.717, 1.165) is 56.7 Å². The molecule has 2 unspecified atom stereocenters. The zero-order chi connectivity index (χ0) is 28.7. The standard InChI is InChI=1S/C31H54N2O6/c1-6-29(34)23-28-11-13-30(14-12-28)39-18-16-33-27(5)10-9-26(4)31(35)24-38-22-21-37-20-19-36-17-8-7-15-32-25(2)3/h11-14,25-27,32-33H,6-10,15-24H2,1-5H3. The van der Waals surface area contributed by atoms with E-state index in [1.54, 1.807) is 0 Å². The lowest BCUT2D eigenvalue weighted by Gasteiger charge is -2.17. The third-order valence-electron chi connectivity index (χ3n) is 6.42. The molecule has 0 aliphatic rings. The van der Waals surface area contributed by atoms with Crippen molar-refractivity contribution in [2.24, 2.45) is 5.92 Å². The van der Waals surface area contributed by atoms with Gasteiger partial charge in [-0.1, -0.05) is 39.8 Å². The van der Waals surface area contributed by atoms with Crippen LogP contribution in [0.25, 0.3) is 0 Å². The van der Waals surface area contributed by atoms with Crippen molar-refractivity contribution < 1.29 is 28.5 Å². The molecule has 0 bridgehead atoms. The Bertz CT molecular complexity index is 756. The summed E-state index contributed by atoms with van der Waals surface area (Å²) in [6.45, 7) is 15.5. The van der Waals surface area contributed by atoms with Crippen LogP contribution in [0.2, 0.25) is 0 Å². The number of ether oxygens (including phenoxy) is 4. The highest BCUT2D eigenvalue weighted by molar-refractivity contribution is 5.81. The van der Waals surface area contributed by atoms with Crippen LogP contribution in [0.3, 0.4) is 0 Å². The predicted octanol–water partition coefficient (Wildman–Crippen LogP) is 4.38. The van der Waals surface area contributed by atoms with Gasteiger partial charge in [-0.25, -0.2) is 0 Å². The van der Waals surface area contributed by atoms with Crippen LogP contribution in [-0.4, -0.2) is 83.0 Å². The first-order chi connectivity index (χ1) is 18.8. The summed E-state index contributed by atoms with van der Waals surface area (Å²) in [4.78, 5) is 23.9. The van der Waals surface area contributed by atoms with Crippen LogP contribution in [0.15, 0.2) is 24.3 Å². The van der Waals surface area contributed by atoms with Gasteiger partial charge in [0.1, 0.15) is 24.7 Å². The lowest BCUT2D eigenvalue weighted by Crippen LogP contribution is -2.31. The Morgan fingerprint density at radius 2 is 1.44 bits per heavy atom. The minimum atomic E-state index is -0.0336. The zero-order valence-electron chi connectivity index (χ0n) is 25.1. The van der Waals surface area contributed by atoms with Crippen LogP contribution in [-0.2, 0) is 30.2 Å². The van der Waals surface area contributed by atoms with Crippen molar-refractivity contribution in [2.75, 3.05) is 59.3 Å². The molecule has 0 saturated carbocycles. The number of carbonyl (C=O) groups is 2. The molecule has 8 heteroatoms. The molecule has 0 amide bonds. The number of nitrogens with one attached hydrogen (secondary N) is 2. The second-order valence-corrected chi connectivity index (χ2v) is 10.5. The van der Waals surface area contributed by atoms with E-state index in [1.807, 2.05) is 38.1 Å². The molecule has 2 N–H and O–H groups in total. The van der Waals surface area contributed by atoms with Gasteiger partial charge in [-0.2, -0.15) is 0 Å². The highest BCUT2D eigenvalue weighted by Gasteiger charge is 2.14. The Labute approximate surface area is 236 Å². The van der Waals surface area contributed by atoms with Gasteiger partial charge in [-0.3, -0.25) is 9.59 Å². The second kappa shape index (κ2) is 22.9. The first-order valence-electron chi connectivity index (χ1n) is 14.8. The van der Waals surface area contributed by atoms with Gasteiger partial charge < -0.3 is 29.6 Å². The van der Waals surface area contributed by atoms with Crippen LogP contribution in [0, 0.1) is 5.92 Å². The molecule has 8 nitrogen and oxygen atoms in total. The molecule has 0 heterocycles. The number of ketones is 2. The molecule has 0 fully saturated rings. The molecule has 0 radical (unpaired) electrons. The molecular formula is C31H54N2O6. The van der Waals surface area contributed by atoms with Gasteiger partial charge in [-0.05, 0) is 56.8 Å². The van der Waals surface area contributed by atoms with Crippen LogP contribution >= 0.6 is 0 Å². The summed E-state index contributed by atoms with van der Waals surface area (Å²) in [6.07, 6.45) is 4.93. The van der Waals surface area contributed by atoms with E-state index in [4.69, 9.17) is 18.9 Å². The van der Waals surface area contributed by atoms with Gasteiger partial charge in [0.2, 0.25) is 0 Å². The number of unbranched alkanes of at least 4 members (excludes halogenated alkanes) is 1. The van der Waals surface area contributed by atoms with E-state index in [9.17, 15) is 9.59 Å². The smallest absolute Gasteiger partial charge is 0.161 e. The third-order valence-corrected chi connectivity index (χ3v) is 6.42. The van der Waals surface area contributed by atoms with Crippen LogP contribution in [0.5, 0.6) is 5.75 Å². The van der Waals surface area contributed by atoms with Gasteiger partial charge in [0.05, 0.1) is 26.4 Å². The minimum absolute atomic E-state index is 0.0336. The first-order valence-corrected chi connectivity index (χ1v) is 14.8. The molecule has 2 atom stereocenters. The molecule has 0 saturated heterocycles. The molecule has 0 spiro atoms. The highest BCUT2D eigenvalue weighted by atomic mass is 16.5. The molecule has 39 heavy (non-hydrogen) atoms. The lowest BCUT2D eigenvalue weighted by molar-refractivity contribution is -0.127. The topological polar surface area (TPSA) is 95.1 Å². The quantitative estimate of drug-likeness (QED) is 0.164. The molecule has 0 aliphatic heterocycles. The Morgan fingerprint density at radius 1 is 0.769 bits per heavy atom. The fraction of sp³-hybridized carbons (Fsp3) is 0.742. The number of carbonyl (C=O) groups excluding carboxylic acids is 2. The van der Waals surface area contributed by atoms with Crippen molar-refractivity contribution in [2.45, 2.75) is 85.2 Å². The number of benzene rings is 1. The molecule has 0 aromatic heterocycles. The molecule has 1 rings (SSSR count). The first kappa shape index (κ1) is 35.2. The Balaban J connectivity index is 1.97. The average molecular weight is 551 g/mol. The van der Waals surface area contributed by atoms with Gasteiger partial charge in [0.25, 0.3) is 0 Å². The van der Waals surface area contributed by atoms with E-state index in [-0.39, 0.29) is 24.1 Å². The number of hydrogen-bond donors (Lipinski definition) is 2. The maximum atomic E-state index is 12.3. The summed E-state index contributed by atoms with van der Waals surface area (Å²) < 4.78 is 22.4. The number of Topliss-reactive ketones (excluding diaryl/α,β-unsaturated/α-hetero) is 2. The summed E-state index contributed by atoms with van der Waals surface area (Å²) >= 11 is 0. The highest BCUT2D eigenvalue weighted by Crippen LogP contribution is 2.13. The molecular weight excluding hydrogens is 496 g/mol.